The third kappa shape index (κ3) is 3.13. The zero-order valence-corrected chi connectivity index (χ0v) is 18.3. The van der Waals surface area contributed by atoms with Gasteiger partial charge in [-0.3, -0.25) is 9.10 Å². The van der Waals surface area contributed by atoms with Crippen molar-refractivity contribution in [3.8, 4) is 0 Å². The molecule has 0 aromatic heterocycles. The molecule has 6 heteroatoms. The summed E-state index contributed by atoms with van der Waals surface area (Å²) in [5.74, 6) is -0.296. The highest BCUT2D eigenvalue weighted by Crippen LogP contribution is 2.48. The van der Waals surface area contributed by atoms with Gasteiger partial charge in [-0.1, -0.05) is 54.1 Å². The molecule has 0 saturated heterocycles. The fourth-order valence-electron chi connectivity index (χ4n) is 4.83. The van der Waals surface area contributed by atoms with Crippen LogP contribution in [0.4, 0.5) is 11.4 Å². The van der Waals surface area contributed by atoms with Crippen LogP contribution in [-0.2, 0) is 14.8 Å². The lowest BCUT2D eigenvalue weighted by molar-refractivity contribution is -0.118. The minimum Gasteiger partial charge on any atom is -0.379 e. The summed E-state index contributed by atoms with van der Waals surface area (Å²) in [5, 5.41) is 3.52. The van der Waals surface area contributed by atoms with Crippen LogP contribution in [0, 0.1) is 13.8 Å². The molecule has 3 aromatic rings. The summed E-state index contributed by atoms with van der Waals surface area (Å²) < 4.78 is 29.1. The maximum absolute atomic E-state index is 13.8. The molecule has 0 amide bonds. The average molecular weight is 433 g/mol. The number of carbonyl (C=O) groups excluding carboxylic acids is 1. The summed E-state index contributed by atoms with van der Waals surface area (Å²) in [7, 11) is -3.84. The summed E-state index contributed by atoms with van der Waals surface area (Å²) in [4.78, 5) is 13.3. The van der Waals surface area contributed by atoms with Gasteiger partial charge in [0.2, 0.25) is 0 Å². The van der Waals surface area contributed by atoms with Crippen molar-refractivity contribution < 1.29 is 13.2 Å². The fourth-order valence-corrected chi connectivity index (χ4v) is 6.53. The molecule has 31 heavy (non-hydrogen) atoms. The van der Waals surface area contributed by atoms with Crippen LogP contribution in [0.2, 0.25) is 0 Å². The van der Waals surface area contributed by atoms with Gasteiger partial charge in [-0.05, 0) is 49.2 Å². The maximum Gasteiger partial charge on any atom is 0.264 e. The number of nitrogens with one attached hydrogen (secondary N) is 1. The number of nitrogens with zero attached hydrogens (tertiary/aromatic N) is 1. The van der Waals surface area contributed by atoms with E-state index in [1.54, 1.807) is 24.3 Å². The number of aryl methyl sites for hydroxylation is 2. The number of Topliss-reactive ketones (excluding diaryl/α,β-unsaturated/α-hetero) is 1. The molecule has 3 atom stereocenters. The minimum absolute atomic E-state index is 0.0742. The molecule has 3 unspecified atom stereocenters. The Bertz CT molecular complexity index is 1270. The second-order valence-electron chi connectivity index (χ2n) is 8.37. The van der Waals surface area contributed by atoms with E-state index < -0.39 is 16.1 Å². The molecule has 5 nitrogen and oxygen atoms in total. The van der Waals surface area contributed by atoms with Crippen LogP contribution in [0.25, 0.3) is 0 Å². The van der Waals surface area contributed by atoms with Gasteiger partial charge < -0.3 is 5.32 Å². The van der Waals surface area contributed by atoms with Gasteiger partial charge in [-0.2, -0.15) is 0 Å². The van der Waals surface area contributed by atoms with Crippen molar-refractivity contribution >= 4 is 27.2 Å². The minimum atomic E-state index is -3.84. The number of ketones is 1. The molecule has 0 spiro atoms. The number of para-hydroxylation sites is 2. The highest BCUT2D eigenvalue weighted by atomic mass is 32.2. The number of carbonyl (C=O) groups is 1. The van der Waals surface area contributed by atoms with Gasteiger partial charge in [0.05, 0.1) is 28.6 Å². The van der Waals surface area contributed by atoms with Gasteiger partial charge in [0.1, 0.15) is 5.78 Å². The fraction of sp³-hybridized carbons (Fsp3) is 0.240. The lowest BCUT2D eigenvalue weighted by atomic mass is 9.87. The Morgan fingerprint density at radius 2 is 1.58 bits per heavy atom. The van der Waals surface area contributed by atoms with Crippen molar-refractivity contribution in [2.75, 3.05) is 9.62 Å². The Kier molecular flexibility index (Phi) is 4.63. The first-order valence-corrected chi connectivity index (χ1v) is 11.9. The first-order valence-electron chi connectivity index (χ1n) is 10.4. The van der Waals surface area contributed by atoms with Crippen LogP contribution < -0.4 is 9.62 Å². The largest absolute Gasteiger partial charge is 0.379 e. The summed E-state index contributed by atoms with van der Waals surface area (Å²) in [5.41, 5.74) is 4.34. The number of hydrogen-bond acceptors (Lipinski definition) is 4. The number of hydrogen-bond donors (Lipinski definition) is 1. The van der Waals surface area contributed by atoms with Gasteiger partial charge in [0.15, 0.2) is 0 Å². The van der Waals surface area contributed by atoms with E-state index in [0.29, 0.717) is 5.69 Å². The van der Waals surface area contributed by atoms with E-state index in [9.17, 15) is 13.2 Å². The van der Waals surface area contributed by atoms with Gasteiger partial charge >= 0.3 is 0 Å². The van der Waals surface area contributed by atoms with Crippen molar-refractivity contribution in [2.24, 2.45) is 0 Å². The summed E-state index contributed by atoms with van der Waals surface area (Å²) in [6.45, 7) is 3.93. The molecule has 1 saturated carbocycles. The van der Waals surface area contributed by atoms with Gasteiger partial charge in [0.25, 0.3) is 10.0 Å². The van der Waals surface area contributed by atoms with E-state index in [0.717, 1.165) is 22.4 Å². The van der Waals surface area contributed by atoms with Crippen LogP contribution in [-0.4, -0.2) is 26.3 Å². The normalized spacial score (nSPS) is 22.3. The predicted molar refractivity (Wildman–Crippen MR) is 122 cm³/mol. The Balaban J connectivity index is 1.66. The second-order valence-corrected chi connectivity index (χ2v) is 10.2. The lowest BCUT2D eigenvalue weighted by Crippen LogP contribution is -2.51. The van der Waals surface area contributed by atoms with Crippen molar-refractivity contribution in [1.82, 2.24) is 0 Å². The summed E-state index contributed by atoms with van der Waals surface area (Å²) in [6, 6.07) is 21.3. The molecule has 1 aliphatic heterocycles. The van der Waals surface area contributed by atoms with Crippen LogP contribution in [0.3, 0.4) is 0 Å². The molecular weight excluding hydrogens is 408 g/mol. The van der Waals surface area contributed by atoms with Crippen LogP contribution >= 0.6 is 0 Å². The van der Waals surface area contributed by atoms with E-state index in [2.05, 4.69) is 5.32 Å². The highest BCUT2D eigenvalue weighted by Gasteiger charge is 2.54. The number of fused-ring (bicyclic) bond motifs is 4. The quantitative estimate of drug-likeness (QED) is 0.663. The molecule has 158 valence electrons. The zero-order chi connectivity index (χ0) is 21.8. The van der Waals surface area contributed by atoms with Gasteiger partial charge in [-0.15, -0.1) is 0 Å². The van der Waals surface area contributed by atoms with Crippen molar-refractivity contribution in [3.05, 3.63) is 89.5 Å². The number of sulfonamides is 1. The van der Waals surface area contributed by atoms with E-state index in [1.807, 2.05) is 62.4 Å². The van der Waals surface area contributed by atoms with E-state index >= 15 is 0 Å². The topological polar surface area (TPSA) is 66.5 Å². The molecule has 1 N–H and O–H groups in total. The highest BCUT2D eigenvalue weighted by molar-refractivity contribution is 7.92. The van der Waals surface area contributed by atoms with Gasteiger partial charge in [0, 0.05) is 12.1 Å². The van der Waals surface area contributed by atoms with E-state index in [-0.39, 0.29) is 29.1 Å². The van der Waals surface area contributed by atoms with E-state index in [1.165, 1.54) is 4.31 Å². The standard InChI is InChI=1S/C25H24N2O3S/c1-16-11-13-18(14-12-16)31(29,30)27-21-10-6-4-8-19(21)24-23(28)15-22(27)25(24)26-20-9-5-3-7-17(20)2/h3-14,22,24-26H,15H2,1-2H3. The molecular formula is C25H24N2O3S. The first kappa shape index (κ1) is 19.8. The smallest absolute Gasteiger partial charge is 0.264 e. The predicted octanol–water partition coefficient (Wildman–Crippen LogP) is 4.42. The van der Waals surface area contributed by atoms with Gasteiger partial charge in [-0.25, -0.2) is 8.42 Å². The van der Waals surface area contributed by atoms with Crippen molar-refractivity contribution in [1.29, 1.82) is 0 Å². The monoisotopic (exact) mass is 432 g/mol. The van der Waals surface area contributed by atoms with Crippen molar-refractivity contribution in [2.45, 2.75) is 43.2 Å². The Morgan fingerprint density at radius 3 is 2.32 bits per heavy atom. The Morgan fingerprint density at radius 1 is 0.903 bits per heavy atom. The summed E-state index contributed by atoms with van der Waals surface area (Å²) >= 11 is 0. The maximum atomic E-state index is 13.8. The third-order valence-corrected chi connectivity index (χ3v) is 8.24. The number of rotatable bonds is 4. The molecule has 3 aromatic carbocycles. The van der Waals surface area contributed by atoms with E-state index in [4.69, 9.17) is 0 Å². The molecule has 2 bridgehead atoms. The number of anilines is 2. The molecule has 1 heterocycles. The zero-order valence-electron chi connectivity index (χ0n) is 17.4. The lowest BCUT2D eigenvalue weighted by Gasteiger charge is -2.41. The van der Waals surface area contributed by atoms with Crippen molar-refractivity contribution in [3.63, 3.8) is 0 Å². The van der Waals surface area contributed by atoms with Crippen LogP contribution in [0.5, 0.6) is 0 Å². The molecule has 5 rings (SSSR count). The Labute approximate surface area is 182 Å². The molecule has 2 aliphatic rings. The third-order valence-electron chi connectivity index (χ3n) is 6.39. The number of benzene rings is 3. The SMILES string of the molecule is Cc1ccc(S(=O)(=O)N2c3ccccc3C3C(=O)CC2C3Nc2ccccc2C)cc1. The average Bonchev–Trinajstić information content (AvgIpc) is 2.98. The second kappa shape index (κ2) is 7.24. The summed E-state index contributed by atoms with van der Waals surface area (Å²) in [6.07, 6.45) is 0.188. The first-order chi connectivity index (χ1) is 14.9. The van der Waals surface area contributed by atoms with Crippen LogP contribution in [0.1, 0.15) is 29.0 Å². The molecule has 1 aliphatic carbocycles. The molecule has 1 fully saturated rings. The van der Waals surface area contributed by atoms with Crippen LogP contribution in [0.15, 0.2) is 77.7 Å². The molecule has 0 radical (unpaired) electrons. The Hall–Kier alpha value is -3.12.